The van der Waals surface area contributed by atoms with Crippen LogP contribution in [-0.4, -0.2) is 27.9 Å². The van der Waals surface area contributed by atoms with E-state index in [1.165, 1.54) is 27.7 Å². The largest absolute Gasteiger partial charge is 0.465 e. The topological polar surface area (TPSA) is 61.2 Å². The normalized spacial score (nSPS) is 11.1. The fourth-order valence-electron chi connectivity index (χ4n) is 2.29. The van der Waals surface area contributed by atoms with Crippen molar-refractivity contribution in [1.29, 1.82) is 0 Å². The van der Waals surface area contributed by atoms with Crippen molar-refractivity contribution >= 4 is 50.6 Å². The summed E-state index contributed by atoms with van der Waals surface area (Å²) in [5, 5.41) is 5.14. The van der Waals surface area contributed by atoms with E-state index >= 15 is 0 Å². The van der Waals surface area contributed by atoms with Gasteiger partial charge < -0.3 is 4.74 Å². The molecule has 0 aromatic carbocycles. The Morgan fingerprint density at radius 1 is 1.40 bits per heavy atom. The summed E-state index contributed by atoms with van der Waals surface area (Å²) in [4.78, 5) is 30.9. The predicted octanol–water partition coefficient (Wildman–Crippen LogP) is 4.16. The number of carbonyl (C=O) groups is 1. The molecule has 3 aromatic rings. The Morgan fingerprint density at radius 2 is 2.24 bits per heavy atom. The number of carbonyl (C=O) groups excluding carboxylic acids is 1. The molecule has 5 nitrogen and oxygen atoms in total. The average Bonchev–Trinajstić information content (AvgIpc) is 3.26. The molecular formula is C17H18N2O3S3. The number of thiophene rings is 2. The Morgan fingerprint density at radius 3 is 2.96 bits per heavy atom. The molecular weight excluding hydrogens is 376 g/mol. The van der Waals surface area contributed by atoms with Crippen molar-refractivity contribution in [1.82, 2.24) is 9.55 Å². The first-order valence-electron chi connectivity index (χ1n) is 7.92. The average molecular weight is 395 g/mol. The van der Waals surface area contributed by atoms with E-state index in [0.717, 1.165) is 23.3 Å². The van der Waals surface area contributed by atoms with Crippen molar-refractivity contribution in [2.45, 2.75) is 24.9 Å². The number of thioether (sulfide) groups is 1. The van der Waals surface area contributed by atoms with E-state index in [-0.39, 0.29) is 17.3 Å². The standard InChI is InChI=1S/C17H18N2O3S3/c1-3-4-7-22-13(20)10-25-17-18-15-14(16(21)19(17)2)11(9-24-15)12-6-5-8-23-12/h5-6,8-9H,3-4,7,10H2,1-2H3. The third kappa shape index (κ3) is 3.96. The summed E-state index contributed by atoms with van der Waals surface area (Å²) in [5.41, 5.74) is 0.843. The van der Waals surface area contributed by atoms with E-state index in [9.17, 15) is 9.59 Å². The molecule has 0 atom stereocenters. The second-order valence-corrected chi connectivity index (χ2v) is 8.18. The molecule has 0 unspecified atom stereocenters. The second-order valence-electron chi connectivity index (χ2n) is 5.43. The first kappa shape index (κ1) is 18.2. The lowest BCUT2D eigenvalue weighted by atomic mass is 10.2. The van der Waals surface area contributed by atoms with Gasteiger partial charge in [-0.1, -0.05) is 31.2 Å². The van der Waals surface area contributed by atoms with Crippen molar-refractivity contribution in [2.24, 2.45) is 7.05 Å². The highest BCUT2D eigenvalue weighted by molar-refractivity contribution is 7.99. The van der Waals surface area contributed by atoms with Crippen LogP contribution in [0.4, 0.5) is 0 Å². The summed E-state index contributed by atoms with van der Waals surface area (Å²) in [6.07, 6.45) is 1.85. The molecule has 0 fully saturated rings. The number of aromatic nitrogens is 2. The lowest BCUT2D eigenvalue weighted by molar-refractivity contribution is -0.140. The zero-order valence-corrected chi connectivity index (χ0v) is 16.4. The molecule has 0 aliphatic heterocycles. The van der Waals surface area contributed by atoms with Crippen molar-refractivity contribution in [3.05, 3.63) is 33.2 Å². The van der Waals surface area contributed by atoms with E-state index in [0.29, 0.717) is 22.0 Å². The van der Waals surface area contributed by atoms with Crippen LogP contribution in [0, 0.1) is 0 Å². The molecule has 0 radical (unpaired) electrons. The zero-order chi connectivity index (χ0) is 17.8. The van der Waals surface area contributed by atoms with Crippen LogP contribution < -0.4 is 5.56 Å². The van der Waals surface area contributed by atoms with Crippen molar-refractivity contribution < 1.29 is 9.53 Å². The van der Waals surface area contributed by atoms with Crippen LogP contribution in [-0.2, 0) is 16.6 Å². The quantitative estimate of drug-likeness (QED) is 0.261. The lowest BCUT2D eigenvalue weighted by Gasteiger charge is -2.07. The van der Waals surface area contributed by atoms with Crippen LogP contribution in [0.2, 0.25) is 0 Å². The first-order chi connectivity index (χ1) is 12.1. The number of unbranched alkanes of at least 4 members (excludes halogenated alkanes) is 1. The van der Waals surface area contributed by atoms with Gasteiger partial charge in [0.2, 0.25) is 0 Å². The molecule has 132 valence electrons. The molecule has 3 rings (SSSR count). The monoisotopic (exact) mass is 394 g/mol. The van der Waals surface area contributed by atoms with Gasteiger partial charge in [-0.2, -0.15) is 0 Å². The van der Waals surface area contributed by atoms with Crippen LogP contribution in [0.3, 0.4) is 0 Å². The van der Waals surface area contributed by atoms with E-state index in [2.05, 4.69) is 4.98 Å². The highest BCUT2D eigenvalue weighted by Gasteiger charge is 2.17. The molecule has 0 aliphatic rings. The lowest BCUT2D eigenvalue weighted by Crippen LogP contribution is -2.20. The van der Waals surface area contributed by atoms with Crippen molar-refractivity contribution in [3.8, 4) is 10.4 Å². The molecule has 25 heavy (non-hydrogen) atoms. The van der Waals surface area contributed by atoms with Crippen molar-refractivity contribution in [3.63, 3.8) is 0 Å². The van der Waals surface area contributed by atoms with Crippen LogP contribution in [0.5, 0.6) is 0 Å². The van der Waals surface area contributed by atoms with Gasteiger partial charge in [-0.3, -0.25) is 14.2 Å². The van der Waals surface area contributed by atoms with Crippen LogP contribution >= 0.6 is 34.4 Å². The van der Waals surface area contributed by atoms with E-state index in [1.54, 1.807) is 18.4 Å². The van der Waals surface area contributed by atoms with Crippen LogP contribution in [0.1, 0.15) is 19.8 Å². The first-order valence-corrected chi connectivity index (χ1v) is 10.7. The Kier molecular flexibility index (Phi) is 5.93. The van der Waals surface area contributed by atoms with E-state index in [1.807, 2.05) is 29.8 Å². The Balaban J connectivity index is 1.83. The predicted molar refractivity (Wildman–Crippen MR) is 105 cm³/mol. The second kappa shape index (κ2) is 8.16. The minimum atomic E-state index is -0.279. The smallest absolute Gasteiger partial charge is 0.316 e. The van der Waals surface area contributed by atoms with Crippen LogP contribution in [0.25, 0.3) is 20.7 Å². The zero-order valence-electron chi connectivity index (χ0n) is 14.0. The summed E-state index contributed by atoms with van der Waals surface area (Å²) in [6.45, 7) is 2.49. The molecule has 3 aromatic heterocycles. The molecule has 0 aliphatic carbocycles. The molecule has 0 bridgehead atoms. The summed E-state index contributed by atoms with van der Waals surface area (Å²) >= 11 is 4.29. The summed E-state index contributed by atoms with van der Waals surface area (Å²) in [6, 6.07) is 3.97. The van der Waals surface area contributed by atoms with E-state index < -0.39 is 0 Å². The van der Waals surface area contributed by atoms with Gasteiger partial charge in [-0.15, -0.1) is 22.7 Å². The Labute approximate surface area is 157 Å². The number of hydrogen-bond donors (Lipinski definition) is 0. The molecule has 0 saturated carbocycles. The number of rotatable bonds is 7. The minimum Gasteiger partial charge on any atom is -0.465 e. The highest BCUT2D eigenvalue weighted by Crippen LogP contribution is 2.34. The van der Waals surface area contributed by atoms with Gasteiger partial charge in [0.1, 0.15) is 4.83 Å². The van der Waals surface area contributed by atoms with Gasteiger partial charge in [-0.25, -0.2) is 4.98 Å². The molecule has 3 heterocycles. The number of hydrogen-bond acceptors (Lipinski definition) is 7. The summed E-state index contributed by atoms with van der Waals surface area (Å²) < 4.78 is 6.65. The minimum absolute atomic E-state index is 0.0866. The third-order valence-electron chi connectivity index (χ3n) is 3.64. The molecule has 8 heteroatoms. The molecule has 0 saturated heterocycles. The van der Waals surface area contributed by atoms with Gasteiger partial charge in [0.25, 0.3) is 5.56 Å². The van der Waals surface area contributed by atoms with Gasteiger partial charge in [0, 0.05) is 22.9 Å². The van der Waals surface area contributed by atoms with Crippen molar-refractivity contribution in [2.75, 3.05) is 12.4 Å². The van der Waals surface area contributed by atoms with Gasteiger partial charge in [0.15, 0.2) is 5.16 Å². The Hall–Kier alpha value is -1.64. The molecule has 0 N–H and O–H groups in total. The maximum Gasteiger partial charge on any atom is 0.316 e. The fourth-order valence-corrected chi connectivity index (χ4v) is 4.86. The van der Waals surface area contributed by atoms with Gasteiger partial charge in [0.05, 0.1) is 17.7 Å². The van der Waals surface area contributed by atoms with Gasteiger partial charge >= 0.3 is 5.97 Å². The maximum atomic E-state index is 12.8. The number of ether oxygens (including phenoxy) is 1. The number of esters is 1. The molecule has 0 amide bonds. The van der Waals surface area contributed by atoms with Gasteiger partial charge in [-0.05, 0) is 17.9 Å². The summed E-state index contributed by atoms with van der Waals surface area (Å²) in [5.74, 6) is -0.128. The highest BCUT2D eigenvalue weighted by atomic mass is 32.2. The van der Waals surface area contributed by atoms with E-state index in [4.69, 9.17) is 4.74 Å². The third-order valence-corrected chi connectivity index (χ3v) is 6.42. The molecule has 0 spiro atoms. The maximum absolute atomic E-state index is 12.8. The fraction of sp³-hybridized carbons (Fsp3) is 0.353. The van der Waals surface area contributed by atoms with Crippen LogP contribution in [0.15, 0.2) is 32.8 Å². The Bertz CT molecular complexity index is 929. The SMILES string of the molecule is CCCCOC(=O)CSc1nc2scc(-c3cccs3)c2c(=O)n1C. The number of nitrogens with zero attached hydrogens (tertiary/aromatic N) is 2. The summed E-state index contributed by atoms with van der Waals surface area (Å²) in [7, 11) is 1.69. The number of fused-ring (bicyclic) bond motifs is 1.